The molecule has 3 aromatic rings. The lowest BCUT2D eigenvalue weighted by Crippen LogP contribution is -2.29. The summed E-state index contributed by atoms with van der Waals surface area (Å²) in [5, 5.41) is 6.61. The van der Waals surface area contributed by atoms with Crippen LogP contribution in [0.15, 0.2) is 77.7 Å². The Morgan fingerprint density at radius 3 is 2.45 bits per heavy atom. The molecule has 0 aromatic heterocycles. The van der Waals surface area contributed by atoms with Crippen molar-refractivity contribution in [3.63, 3.8) is 0 Å². The van der Waals surface area contributed by atoms with E-state index in [2.05, 4.69) is 52.1 Å². The lowest BCUT2D eigenvalue weighted by Gasteiger charge is -2.26. The van der Waals surface area contributed by atoms with E-state index in [-0.39, 0.29) is 5.91 Å². The first-order chi connectivity index (χ1) is 16.2. The number of benzene rings is 3. The van der Waals surface area contributed by atoms with Crippen molar-refractivity contribution < 1.29 is 4.79 Å². The van der Waals surface area contributed by atoms with E-state index in [4.69, 9.17) is 0 Å². The second kappa shape index (κ2) is 9.86. The van der Waals surface area contributed by atoms with Gasteiger partial charge in [-0.1, -0.05) is 48.9 Å². The fourth-order valence-electron chi connectivity index (χ4n) is 4.62. The van der Waals surface area contributed by atoms with E-state index in [0.717, 1.165) is 39.6 Å². The number of carbonyl (C=O) groups is 1. The van der Waals surface area contributed by atoms with Crippen molar-refractivity contribution in [2.45, 2.75) is 30.7 Å². The van der Waals surface area contributed by atoms with Gasteiger partial charge < -0.3 is 10.6 Å². The predicted molar refractivity (Wildman–Crippen MR) is 139 cm³/mol. The number of piperidine rings is 1. The second-order valence-electron chi connectivity index (χ2n) is 8.64. The monoisotopic (exact) mass is 455 g/mol. The molecule has 0 unspecified atom stereocenters. The van der Waals surface area contributed by atoms with Gasteiger partial charge in [0.2, 0.25) is 0 Å². The normalized spacial score (nSPS) is 17.4. The molecule has 2 aliphatic heterocycles. The molecule has 0 bridgehead atoms. The lowest BCUT2D eigenvalue weighted by molar-refractivity contribution is -0.110. The molecular formula is C28H29N3OS. The molecule has 1 fully saturated rings. The molecular weight excluding hydrogens is 426 g/mol. The smallest absolute Gasteiger partial charge is 0.258 e. The average molecular weight is 456 g/mol. The van der Waals surface area contributed by atoms with E-state index in [1.807, 2.05) is 42.5 Å². The Morgan fingerprint density at radius 2 is 1.73 bits per heavy atom. The maximum atomic E-state index is 13.1. The van der Waals surface area contributed by atoms with E-state index in [9.17, 15) is 4.79 Å². The molecule has 1 saturated heterocycles. The fraction of sp³-hybridized carbons (Fsp3) is 0.250. The number of hydrogen-bond donors (Lipinski definition) is 2. The van der Waals surface area contributed by atoms with Crippen LogP contribution in [0, 0.1) is 0 Å². The predicted octanol–water partition coefficient (Wildman–Crippen LogP) is 6.33. The van der Waals surface area contributed by atoms with Crippen molar-refractivity contribution in [3.05, 3.63) is 89.5 Å². The molecule has 5 rings (SSSR count). The van der Waals surface area contributed by atoms with Crippen molar-refractivity contribution in [1.82, 2.24) is 4.90 Å². The Morgan fingerprint density at radius 1 is 0.970 bits per heavy atom. The highest BCUT2D eigenvalue weighted by atomic mass is 32.2. The van der Waals surface area contributed by atoms with E-state index in [1.165, 1.54) is 37.9 Å². The van der Waals surface area contributed by atoms with Gasteiger partial charge in [-0.15, -0.1) is 11.8 Å². The van der Waals surface area contributed by atoms with Gasteiger partial charge in [0.25, 0.3) is 5.91 Å². The Hall–Kier alpha value is -3.02. The number of amides is 1. The molecule has 0 saturated carbocycles. The summed E-state index contributed by atoms with van der Waals surface area (Å²) in [7, 11) is 0. The van der Waals surface area contributed by atoms with Crippen LogP contribution in [0.3, 0.4) is 0 Å². The molecule has 2 N–H and O–H groups in total. The lowest BCUT2D eigenvalue weighted by atomic mass is 10.00. The molecule has 168 valence electrons. The Balaban J connectivity index is 1.48. The molecule has 0 spiro atoms. The highest BCUT2D eigenvalue weighted by Gasteiger charge is 2.28. The summed E-state index contributed by atoms with van der Waals surface area (Å²) in [4.78, 5) is 16.8. The maximum Gasteiger partial charge on any atom is 0.258 e. The molecule has 2 heterocycles. The number of nitrogens with one attached hydrogen (secondary N) is 2. The number of anilines is 2. The third-order valence-corrected chi connectivity index (χ3v) is 7.09. The van der Waals surface area contributed by atoms with Gasteiger partial charge in [-0.25, -0.2) is 0 Å². The van der Waals surface area contributed by atoms with Gasteiger partial charge in [0.15, 0.2) is 0 Å². The third kappa shape index (κ3) is 4.85. The Bertz CT molecular complexity index is 1170. The van der Waals surface area contributed by atoms with Crippen LogP contribution in [0.5, 0.6) is 0 Å². The van der Waals surface area contributed by atoms with E-state index < -0.39 is 0 Å². The van der Waals surface area contributed by atoms with Gasteiger partial charge >= 0.3 is 0 Å². The van der Waals surface area contributed by atoms with E-state index >= 15 is 0 Å². The summed E-state index contributed by atoms with van der Waals surface area (Å²) in [6.45, 7) is 3.38. The zero-order chi connectivity index (χ0) is 22.6. The van der Waals surface area contributed by atoms with Crippen molar-refractivity contribution in [3.8, 4) is 0 Å². The molecule has 1 amide bonds. The Labute approximate surface area is 200 Å². The standard InChI is InChI=1S/C28H29N3OS/c1-33-23-14-15-25-24(18-23)26(28(32)30-25)27(21-8-4-2-5-9-21)29-22-12-10-20(11-13-22)19-31-16-6-3-7-17-31/h2,4-5,8-15,18,29H,3,6-7,16-17,19H2,1H3,(H,30,32). The molecule has 2 aliphatic rings. The largest absolute Gasteiger partial charge is 0.354 e. The summed E-state index contributed by atoms with van der Waals surface area (Å²) in [5.74, 6) is -0.0728. The summed E-state index contributed by atoms with van der Waals surface area (Å²) in [5.41, 5.74) is 6.61. The zero-order valence-corrected chi connectivity index (χ0v) is 19.8. The van der Waals surface area contributed by atoms with Gasteiger partial charge in [0, 0.05) is 28.4 Å². The molecule has 0 aliphatic carbocycles. The van der Waals surface area contributed by atoms with Crippen LogP contribution in [0.4, 0.5) is 11.4 Å². The highest BCUT2D eigenvalue weighted by molar-refractivity contribution is 7.98. The molecule has 4 nitrogen and oxygen atoms in total. The van der Waals surface area contributed by atoms with Crippen molar-refractivity contribution in [2.24, 2.45) is 0 Å². The first-order valence-electron chi connectivity index (χ1n) is 11.6. The minimum Gasteiger partial charge on any atom is -0.354 e. The average Bonchev–Trinajstić information content (AvgIpc) is 3.19. The summed E-state index contributed by atoms with van der Waals surface area (Å²) >= 11 is 1.68. The van der Waals surface area contributed by atoms with Crippen molar-refractivity contribution in [1.29, 1.82) is 0 Å². The van der Waals surface area contributed by atoms with Gasteiger partial charge in [0.05, 0.1) is 11.3 Å². The van der Waals surface area contributed by atoms with Crippen LogP contribution in [-0.4, -0.2) is 30.2 Å². The zero-order valence-electron chi connectivity index (χ0n) is 18.9. The molecule has 33 heavy (non-hydrogen) atoms. The van der Waals surface area contributed by atoms with Crippen LogP contribution in [0.25, 0.3) is 11.3 Å². The summed E-state index contributed by atoms with van der Waals surface area (Å²) in [6.07, 6.45) is 6.01. The van der Waals surface area contributed by atoms with Crippen LogP contribution in [0.2, 0.25) is 0 Å². The van der Waals surface area contributed by atoms with Crippen molar-refractivity contribution >= 4 is 40.3 Å². The number of hydrogen-bond acceptors (Lipinski definition) is 4. The molecule has 0 atom stereocenters. The van der Waals surface area contributed by atoms with Gasteiger partial charge in [-0.3, -0.25) is 9.69 Å². The maximum absolute atomic E-state index is 13.1. The molecule has 5 heteroatoms. The number of carbonyl (C=O) groups excluding carboxylic acids is 1. The summed E-state index contributed by atoms with van der Waals surface area (Å²) < 4.78 is 0. The number of nitrogens with zero attached hydrogens (tertiary/aromatic N) is 1. The number of likely N-dealkylation sites (tertiary alicyclic amines) is 1. The number of fused-ring (bicyclic) bond motifs is 1. The number of thioether (sulfide) groups is 1. The van der Waals surface area contributed by atoms with Crippen LogP contribution < -0.4 is 10.6 Å². The first-order valence-corrected chi connectivity index (χ1v) is 12.8. The summed E-state index contributed by atoms with van der Waals surface area (Å²) in [6, 6.07) is 24.9. The minimum atomic E-state index is -0.0728. The van der Waals surface area contributed by atoms with Crippen molar-refractivity contribution in [2.75, 3.05) is 30.0 Å². The number of rotatable bonds is 6. The van der Waals surface area contributed by atoms with E-state index in [1.54, 1.807) is 11.8 Å². The van der Waals surface area contributed by atoms with Gasteiger partial charge in [0.1, 0.15) is 0 Å². The fourth-order valence-corrected chi connectivity index (χ4v) is 5.06. The van der Waals surface area contributed by atoms with Gasteiger partial charge in [-0.05, 0) is 73.6 Å². The first kappa shape index (κ1) is 21.8. The quantitative estimate of drug-likeness (QED) is 0.337. The highest BCUT2D eigenvalue weighted by Crippen LogP contribution is 2.39. The SMILES string of the molecule is CSc1ccc2c(c1)C(=C(Nc1ccc(CN3CCCCC3)cc1)c1ccccc1)C(=O)N2. The molecule has 3 aromatic carbocycles. The second-order valence-corrected chi connectivity index (χ2v) is 9.52. The van der Waals surface area contributed by atoms with Crippen LogP contribution >= 0.6 is 11.8 Å². The topological polar surface area (TPSA) is 44.4 Å². The van der Waals surface area contributed by atoms with Gasteiger partial charge in [-0.2, -0.15) is 0 Å². The van der Waals surface area contributed by atoms with Crippen LogP contribution in [-0.2, 0) is 11.3 Å². The van der Waals surface area contributed by atoms with Crippen LogP contribution in [0.1, 0.15) is 36.0 Å². The molecule has 0 radical (unpaired) electrons. The van der Waals surface area contributed by atoms with E-state index in [0.29, 0.717) is 5.57 Å². The Kier molecular flexibility index (Phi) is 6.51. The minimum absolute atomic E-state index is 0.0728. The third-order valence-electron chi connectivity index (χ3n) is 6.36.